The second kappa shape index (κ2) is 7.76. The molecule has 0 spiro atoms. The fraction of sp³-hybridized carbons (Fsp3) is 0.273. The average molecular weight is 361 g/mol. The minimum atomic E-state index is -0.131. The summed E-state index contributed by atoms with van der Waals surface area (Å²) in [6.07, 6.45) is 2.56. The number of ether oxygens (including phenoxy) is 1. The Labute approximate surface area is 159 Å². The zero-order valence-electron chi connectivity index (χ0n) is 15.4. The normalized spacial score (nSPS) is 14.3. The summed E-state index contributed by atoms with van der Waals surface area (Å²) in [6.45, 7) is 5.11. The van der Waals surface area contributed by atoms with Gasteiger partial charge in [0.25, 0.3) is 5.91 Å². The maximum absolute atomic E-state index is 13.0. The molecule has 4 rings (SSSR count). The fourth-order valence-electron chi connectivity index (χ4n) is 3.53. The third-order valence-corrected chi connectivity index (χ3v) is 4.98. The minimum absolute atomic E-state index is 0.131. The summed E-state index contributed by atoms with van der Waals surface area (Å²) in [5.41, 5.74) is 2.56. The van der Waals surface area contributed by atoms with Crippen LogP contribution >= 0.6 is 0 Å². The predicted molar refractivity (Wildman–Crippen MR) is 109 cm³/mol. The van der Waals surface area contributed by atoms with Crippen LogP contribution < -0.4 is 10.2 Å². The summed E-state index contributed by atoms with van der Waals surface area (Å²) >= 11 is 0. The highest BCUT2D eigenvalue weighted by molar-refractivity contribution is 6.14. The fourth-order valence-corrected chi connectivity index (χ4v) is 3.53. The van der Waals surface area contributed by atoms with E-state index in [1.807, 2.05) is 48.5 Å². The molecule has 0 unspecified atom stereocenters. The van der Waals surface area contributed by atoms with Gasteiger partial charge in [0.15, 0.2) is 0 Å². The van der Waals surface area contributed by atoms with E-state index in [9.17, 15) is 4.79 Å². The predicted octanol–water partition coefficient (Wildman–Crippen LogP) is 3.89. The standard InChI is InChI=1S/C22H23N3O2/c1-2-16-7-3-6-10-20(16)24-22(26)19-15-23-21(25-11-13-27-14-12-25)18-9-5-4-8-17(18)19/h3-10,15H,2,11-14H2,1H3,(H,24,26). The number of carbonyl (C=O) groups excluding carboxylic acids is 1. The second-order valence-corrected chi connectivity index (χ2v) is 6.61. The molecule has 1 aliphatic rings. The molecule has 138 valence electrons. The van der Waals surface area contributed by atoms with E-state index in [2.05, 4.69) is 22.1 Å². The molecule has 0 bridgehead atoms. The Bertz CT molecular complexity index is 965. The highest BCUT2D eigenvalue weighted by atomic mass is 16.5. The molecule has 0 aliphatic carbocycles. The number of aromatic nitrogens is 1. The highest BCUT2D eigenvalue weighted by Crippen LogP contribution is 2.28. The summed E-state index contributed by atoms with van der Waals surface area (Å²) in [5.74, 6) is 0.785. The van der Waals surface area contributed by atoms with Crippen LogP contribution in [0.4, 0.5) is 11.5 Å². The van der Waals surface area contributed by atoms with Crippen LogP contribution in [0.1, 0.15) is 22.8 Å². The number of rotatable bonds is 4. The van der Waals surface area contributed by atoms with Crippen molar-refractivity contribution in [1.82, 2.24) is 4.98 Å². The molecular weight excluding hydrogens is 338 g/mol. The Kier molecular flexibility index (Phi) is 5.03. The zero-order chi connectivity index (χ0) is 18.6. The van der Waals surface area contributed by atoms with Crippen molar-refractivity contribution in [2.75, 3.05) is 36.5 Å². The largest absolute Gasteiger partial charge is 0.378 e. The molecule has 1 N–H and O–H groups in total. The van der Waals surface area contributed by atoms with Crippen LogP contribution in [0.15, 0.2) is 54.7 Å². The Hall–Kier alpha value is -2.92. The van der Waals surface area contributed by atoms with E-state index in [0.717, 1.165) is 47.4 Å². The number of nitrogens with zero attached hydrogens (tertiary/aromatic N) is 2. The third-order valence-electron chi connectivity index (χ3n) is 4.98. The van der Waals surface area contributed by atoms with Crippen molar-refractivity contribution >= 4 is 28.2 Å². The number of nitrogens with one attached hydrogen (secondary N) is 1. The zero-order valence-corrected chi connectivity index (χ0v) is 15.4. The van der Waals surface area contributed by atoms with Gasteiger partial charge >= 0.3 is 0 Å². The van der Waals surface area contributed by atoms with Gasteiger partial charge in [-0.05, 0) is 23.4 Å². The lowest BCUT2D eigenvalue weighted by Crippen LogP contribution is -2.37. The summed E-state index contributed by atoms with van der Waals surface area (Å²) in [6, 6.07) is 15.9. The first-order chi connectivity index (χ1) is 13.3. The molecule has 0 radical (unpaired) electrons. The number of benzene rings is 2. The van der Waals surface area contributed by atoms with Gasteiger partial charge in [-0.1, -0.05) is 49.4 Å². The Balaban J connectivity index is 1.71. The van der Waals surface area contributed by atoms with E-state index in [4.69, 9.17) is 4.74 Å². The number of fused-ring (bicyclic) bond motifs is 1. The van der Waals surface area contributed by atoms with Crippen molar-refractivity contribution in [3.05, 3.63) is 65.9 Å². The lowest BCUT2D eigenvalue weighted by molar-refractivity contribution is 0.102. The quantitative estimate of drug-likeness (QED) is 0.766. The molecule has 0 atom stereocenters. The van der Waals surface area contributed by atoms with E-state index >= 15 is 0 Å². The molecule has 5 heteroatoms. The SMILES string of the molecule is CCc1ccccc1NC(=O)c1cnc(N2CCOCC2)c2ccccc12. The van der Waals surface area contributed by atoms with E-state index in [1.165, 1.54) is 0 Å². The lowest BCUT2D eigenvalue weighted by atomic mass is 10.0. The van der Waals surface area contributed by atoms with Crippen molar-refractivity contribution in [2.24, 2.45) is 0 Å². The van der Waals surface area contributed by atoms with Gasteiger partial charge in [0.1, 0.15) is 5.82 Å². The smallest absolute Gasteiger partial charge is 0.257 e. The average Bonchev–Trinajstić information content (AvgIpc) is 2.74. The molecule has 1 saturated heterocycles. The van der Waals surface area contributed by atoms with Crippen molar-refractivity contribution in [2.45, 2.75) is 13.3 Å². The van der Waals surface area contributed by atoms with Gasteiger partial charge in [0.2, 0.25) is 0 Å². The summed E-state index contributed by atoms with van der Waals surface area (Å²) in [4.78, 5) is 19.9. The number of carbonyl (C=O) groups is 1. The molecule has 1 aromatic heterocycles. The summed E-state index contributed by atoms with van der Waals surface area (Å²) in [7, 11) is 0. The number of anilines is 2. The first-order valence-electron chi connectivity index (χ1n) is 9.37. The topological polar surface area (TPSA) is 54.5 Å². The Morgan fingerprint density at radius 2 is 1.78 bits per heavy atom. The Morgan fingerprint density at radius 1 is 1.07 bits per heavy atom. The van der Waals surface area contributed by atoms with Crippen LogP contribution in [0.25, 0.3) is 10.8 Å². The maximum Gasteiger partial charge on any atom is 0.257 e. The molecule has 27 heavy (non-hydrogen) atoms. The van der Waals surface area contributed by atoms with E-state index in [0.29, 0.717) is 18.8 Å². The van der Waals surface area contributed by atoms with Gasteiger partial charge in [-0.3, -0.25) is 4.79 Å². The van der Waals surface area contributed by atoms with Gasteiger partial charge in [-0.25, -0.2) is 4.98 Å². The maximum atomic E-state index is 13.0. The van der Waals surface area contributed by atoms with Crippen LogP contribution in [0.2, 0.25) is 0 Å². The van der Waals surface area contributed by atoms with Gasteiger partial charge in [0, 0.05) is 30.4 Å². The van der Waals surface area contributed by atoms with Crippen molar-refractivity contribution < 1.29 is 9.53 Å². The van der Waals surface area contributed by atoms with E-state index in [1.54, 1.807) is 6.20 Å². The number of para-hydroxylation sites is 1. The van der Waals surface area contributed by atoms with Crippen LogP contribution in [0.3, 0.4) is 0 Å². The van der Waals surface area contributed by atoms with Gasteiger partial charge in [0.05, 0.1) is 18.8 Å². The van der Waals surface area contributed by atoms with Crippen LogP contribution in [-0.2, 0) is 11.2 Å². The molecule has 1 amide bonds. The molecule has 3 aromatic rings. The van der Waals surface area contributed by atoms with Gasteiger partial charge in [-0.2, -0.15) is 0 Å². The van der Waals surface area contributed by atoms with Gasteiger partial charge < -0.3 is 15.0 Å². The number of morpholine rings is 1. The first kappa shape index (κ1) is 17.5. The highest BCUT2D eigenvalue weighted by Gasteiger charge is 2.19. The molecule has 1 aliphatic heterocycles. The Morgan fingerprint density at radius 3 is 2.56 bits per heavy atom. The lowest BCUT2D eigenvalue weighted by Gasteiger charge is -2.29. The molecule has 1 fully saturated rings. The number of amides is 1. The number of hydrogen-bond donors (Lipinski definition) is 1. The molecule has 2 heterocycles. The van der Waals surface area contributed by atoms with E-state index in [-0.39, 0.29) is 5.91 Å². The number of hydrogen-bond acceptors (Lipinski definition) is 4. The summed E-state index contributed by atoms with van der Waals surface area (Å²) in [5, 5.41) is 4.97. The van der Waals surface area contributed by atoms with Crippen LogP contribution in [0.5, 0.6) is 0 Å². The van der Waals surface area contributed by atoms with Crippen molar-refractivity contribution in [1.29, 1.82) is 0 Å². The first-order valence-corrected chi connectivity index (χ1v) is 9.37. The van der Waals surface area contributed by atoms with E-state index < -0.39 is 0 Å². The number of aryl methyl sites for hydroxylation is 1. The molecule has 0 saturated carbocycles. The van der Waals surface area contributed by atoms with Crippen LogP contribution in [0, 0.1) is 0 Å². The summed E-state index contributed by atoms with van der Waals surface area (Å²) < 4.78 is 5.45. The monoisotopic (exact) mass is 361 g/mol. The van der Waals surface area contributed by atoms with Crippen LogP contribution in [-0.4, -0.2) is 37.2 Å². The molecule has 5 nitrogen and oxygen atoms in total. The van der Waals surface area contributed by atoms with Crippen molar-refractivity contribution in [3.63, 3.8) is 0 Å². The second-order valence-electron chi connectivity index (χ2n) is 6.61. The number of pyridine rings is 1. The molecular formula is C22H23N3O2. The van der Waals surface area contributed by atoms with Crippen molar-refractivity contribution in [3.8, 4) is 0 Å². The molecule has 2 aromatic carbocycles. The third kappa shape index (κ3) is 3.51. The van der Waals surface area contributed by atoms with Gasteiger partial charge in [-0.15, -0.1) is 0 Å². The minimum Gasteiger partial charge on any atom is -0.378 e.